The molecule has 6 heteroatoms. The van der Waals surface area contributed by atoms with E-state index in [0.717, 1.165) is 45.0 Å². The summed E-state index contributed by atoms with van der Waals surface area (Å²) in [4.78, 5) is 6.65. The second-order valence-electron chi connectivity index (χ2n) is 7.29. The maximum absolute atomic E-state index is 4.36. The Morgan fingerprint density at radius 3 is 2.47 bits per heavy atom. The first-order chi connectivity index (χ1) is 14.8. The van der Waals surface area contributed by atoms with Crippen LogP contribution in [0.1, 0.15) is 24.0 Å². The molecule has 0 amide bonds. The number of hydrogen-bond donors (Lipinski definition) is 2. The van der Waals surface area contributed by atoms with Crippen LogP contribution in [0.3, 0.4) is 0 Å². The smallest absolute Gasteiger partial charge is 0.191 e. The lowest BCUT2D eigenvalue weighted by atomic mass is 10.1. The van der Waals surface area contributed by atoms with Gasteiger partial charge in [0, 0.05) is 51.8 Å². The van der Waals surface area contributed by atoms with Crippen molar-refractivity contribution in [2.75, 3.05) is 32.1 Å². The molecule has 0 aliphatic heterocycles. The van der Waals surface area contributed by atoms with E-state index in [-0.39, 0.29) is 0 Å². The van der Waals surface area contributed by atoms with Crippen molar-refractivity contribution in [3.8, 4) is 0 Å². The van der Waals surface area contributed by atoms with Gasteiger partial charge in [-0.05, 0) is 42.2 Å². The largest absolute Gasteiger partial charge is 0.375 e. The molecule has 6 nitrogen and oxygen atoms in total. The zero-order chi connectivity index (χ0) is 21.0. The molecule has 158 valence electrons. The molecule has 30 heavy (non-hydrogen) atoms. The SMILES string of the molecule is CN=C(NCCCCN(C)c1ccccc1)NCc1ccccc1Cn1cccn1. The van der Waals surface area contributed by atoms with Crippen LogP contribution in [0, 0.1) is 0 Å². The molecular weight excluding hydrogens is 372 g/mol. The second kappa shape index (κ2) is 11.7. The molecule has 0 aliphatic carbocycles. The highest BCUT2D eigenvalue weighted by molar-refractivity contribution is 5.79. The fraction of sp³-hybridized carbons (Fsp3) is 0.333. The van der Waals surface area contributed by atoms with Gasteiger partial charge in [-0.15, -0.1) is 0 Å². The number of hydrogen-bond acceptors (Lipinski definition) is 3. The molecule has 0 saturated carbocycles. The van der Waals surface area contributed by atoms with E-state index in [1.165, 1.54) is 16.8 Å². The van der Waals surface area contributed by atoms with Crippen LogP contribution in [0.25, 0.3) is 0 Å². The van der Waals surface area contributed by atoms with Gasteiger partial charge in [-0.1, -0.05) is 42.5 Å². The summed E-state index contributed by atoms with van der Waals surface area (Å²) >= 11 is 0. The number of aromatic nitrogens is 2. The number of aliphatic imine (C=N–C) groups is 1. The Labute approximate surface area is 179 Å². The summed E-state index contributed by atoms with van der Waals surface area (Å²) in [5.41, 5.74) is 3.77. The fourth-order valence-electron chi connectivity index (χ4n) is 3.34. The van der Waals surface area contributed by atoms with Gasteiger partial charge in [0.1, 0.15) is 0 Å². The van der Waals surface area contributed by atoms with Gasteiger partial charge in [0.15, 0.2) is 5.96 Å². The van der Waals surface area contributed by atoms with E-state index >= 15 is 0 Å². The maximum atomic E-state index is 4.36. The Morgan fingerprint density at radius 1 is 0.967 bits per heavy atom. The van der Waals surface area contributed by atoms with Crippen molar-refractivity contribution >= 4 is 11.6 Å². The van der Waals surface area contributed by atoms with Crippen LogP contribution in [0.2, 0.25) is 0 Å². The number of unbranched alkanes of at least 4 members (excludes halogenated alkanes) is 1. The Hall–Kier alpha value is -3.28. The van der Waals surface area contributed by atoms with E-state index in [4.69, 9.17) is 0 Å². The predicted molar refractivity (Wildman–Crippen MR) is 125 cm³/mol. The summed E-state index contributed by atoms with van der Waals surface area (Å²) in [6.45, 7) is 3.44. The molecule has 2 aromatic carbocycles. The van der Waals surface area contributed by atoms with Crippen LogP contribution >= 0.6 is 0 Å². The topological polar surface area (TPSA) is 57.5 Å². The minimum absolute atomic E-state index is 0.730. The molecule has 0 bridgehead atoms. The molecule has 3 rings (SSSR count). The molecule has 0 fully saturated rings. The standard InChI is InChI=1S/C24H32N6/c1-25-24(26-15-8-9-17-29(2)23-13-4-3-5-14-23)27-19-21-11-6-7-12-22(21)20-30-18-10-16-28-30/h3-7,10-14,16,18H,8-9,15,17,19-20H2,1-2H3,(H2,25,26,27). The summed E-state index contributed by atoms with van der Waals surface area (Å²) in [7, 11) is 3.96. The molecule has 1 aromatic heterocycles. The van der Waals surface area contributed by atoms with E-state index in [1.807, 2.05) is 30.2 Å². The van der Waals surface area contributed by atoms with Crippen molar-refractivity contribution in [2.45, 2.75) is 25.9 Å². The fourth-order valence-corrected chi connectivity index (χ4v) is 3.34. The average Bonchev–Trinajstić information content (AvgIpc) is 3.30. The first-order valence-electron chi connectivity index (χ1n) is 10.5. The molecule has 0 spiro atoms. The molecular formula is C24H32N6. The monoisotopic (exact) mass is 404 g/mol. The van der Waals surface area contributed by atoms with Gasteiger partial charge in [-0.25, -0.2) is 0 Å². The van der Waals surface area contributed by atoms with Crippen molar-refractivity contribution in [2.24, 2.45) is 4.99 Å². The molecule has 2 N–H and O–H groups in total. The number of benzene rings is 2. The van der Waals surface area contributed by atoms with Gasteiger partial charge in [-0.2, -0.15) is 5.10 Å². The van der Waals surface area contributed by atoms with Crippen molar-refractivity contribution in [3.05, 3.63) is 84.2 Å². The van der Waals surface area contributed by atoms with E-state index < -0.39 is 0 Å². The van der Waals surface area contributed by atoms with Gasteiger partial charge in [0.05, 0.1) is 6.54 Å². The third-order valence-electron chi connectivity index (χ3n) is 5.09. The summed E-state index contributed by atoms with van der Waals surface area (Å²) in [5.74, 6) is 0.834. The number of rotatable bonds is 10. The molecule has 0 saturated heterocycles. The van der Waals surface area contributed by atoms with E-state index in [9.17, 15) is 0 Å². The van der Waals surface area contributed by atoms with Gasteiger partial charge < -0.3 is 15.5 Å². The van der Waals surface area contributed by atoms with Crippen LogP contribution in [0.5, 0.6) is 0 Å². The van der Waals surface area contributed by atoms with Gasteiger partial charge >= 0.3 is 0 Å². The van der Waals surface area contributed by atoms with Crippen molar-refractivity contribution in [1.29, 1.82) is 0 Å². The normalized spacial score (nSPS) is 11.3. The molecule has 3 aromatic rings. The number of nitrogens with one attached hydrogen (secondary N) is 2. The molecule has 0 unspecified atom stereocenters. The zero-order valence-corrected chi connectivity index (χ0v) is 18.0. The predicted octanol–water partition coefficient (Wildman–Crippen LogP) is 3.51. The maximum Gasteiger partial charge on any atom is 0.191 e. The highest BCUT2D eigenvalue weighted by Gasteiger charge is 2.05. The Kier molecular flexibility index (Phi) is 8.33. The highest BCUT2D eigenvalue weighted by atomic mass is 15.3. The average molecular weight is 405 g/mol. The second-order valence-corrected chi connectivity index (χ2v) is 7.29. The van der Waals surface area contributed by atoms with E-state index in [0.29, 0.717) is 0 Å². The lowest BCUT2D eigenvalue weighted by Crippen LogP contribution is -2.37. The number of anilines is 1. The van der Waals surface area contributed by atoms with Crippen molar-refractivity contribution in [1.82, 2.24) is 20.4 Å². The zero-order valence-electron chi connectivity index (χ0n) is 18.0. The van der Waals surface area contributed by atoms with Crippen LogP contribution in [0.15, 0.2) is 78.0 Å². The lowest BCUT2D eigenvalue weighted by Gasteiger charge is -2.19. The molecule has 0 aliphatic rings. The minimum atomic E-state index is 0.730. The van der Waals surface area contributed by atoms with Gasteiger partial charge in [0.2, 0.25) is 0 Å². The summed E-state index contributed by atoms with van der Waals surface area (Å²) in [6, 6.07) is 20.9. The van der Waals surface area contributed by atoms with Crippen LogP contribution < -0.4 is 15.5 Å². The Morgan fingerprint density at radius 2 is 1.73 bits per heavy atom. The van der Waals surface area contributed by atoms with Crippen LogP contribution in [-0.2, 0) is 13.1 Å². The highest BCUT2D eigenvalue weighted by Crippen LogP contribution is 2.12. The summed E-state index contributed by atoms with van der Waals surface area (Å²) in [6.07, 6.45) is 6.01. The quantitative estimate of drug-likeness (QED) is 0.308. The minimum Gasteiger partial charge on any atom is -0.375 e. The van der Waals surface area contributed by atoms with Gasteiger partial charge in [-0.3, -0.25) is 9.67 Å². The summed E-state index contributed by atoms with van der Waals surface area (Å²) in [5, 5.41) is 11.2. The van der Waals surface area contributed by atoms with E-state index in [2.05, 4.69) is 87.3 Å². The summed E-state index contributed by atoms with van der Waals surface area (Å²) < 4.78 is 1.94. The number of guanidine groups is 1. The first kappa shape index (κ1) is 21.4. The molecule has 0 radical (unpaired) electrons. The third kappa shape index (κ3) is 6.65. The van der Waals surface area contributed by atoms with Crippen molar-refractivity contribution in [3.63, 3.8) is 0 Å². The van der Waals surface area contributed by atoms with Crippen molar-refractivity contribution < 1.29 is 0 Å². The molecule has 0 atom stereocenters. The number of para-hydroxylation sites is 1. The van der Waals surface area contributed by atoms with Gasteiger partial charge in [0.25, 0.3) is 0 Å². The van der Waals surface area contributed by atoms with E-state index in [1.54, 1.807) is 0 Å². The van der Waals surface area contributed by atoms with Crippen LogP contribution in [-0.4, -0.2) is 42.9 Å². The van der Waals surface area contributed by atoms with Crippen LogP contribution in [0.4, 0.5) is 5.69 Å². The third-order valence-corrected chi connectivity index (χ3v) is 5.09. The molecule has 1 heterocycles. The lowest BCUT2D eigenvalue weighted by molar-refractivity contribution is 0.673. The number of nitrogens with zero attached hydrogens (tertiary/aromatic N) is 4. The Bertz CT molecular complexity index is 889. The first-order valence-corrected chi connectivity index (χ1v) is 10.5. The Balaban J connectivity index is 1.39.